The molecule has 2 atom stereocenters. The fourth-order valence-electron chi connectivity index (χ4n) is 2.82. The van der Waals surface area contributed by atoms with Gasteiger partial charge < -0.3 is 32.3 Å². The number of amides is 1. The summed E-state index contributed by atoms with van der Waals surface area (Å²) in [6.45, 7) is 0.173. The third-order valence-corrected chi connectivity index (χ3v) is 4.82. The number of carboxylic acid groups (broad SMARTS) is 2. The van der Waals surface area contributed by atoms with Crippen molar-refractivity contribution in [3.05, 3.63) is 40.7 Å². The standard InChI is InChI=1S/C19H18ClFN8O5/c20-9-3-7(16(30)27-12(18(33)34)4-10(21)17(31)32)1-2-11(9)24-5-8-6-25-15-13(26-8)14(22)28-19(23)29-15/h1-3,6,10,12,24H,4-5H2,(H,27,30)(H,31,32)(H,33,34)(H4,22,23,25,28,29)/t10-,12+/m1/s1. The monoisotopic (exact) mass is 492 g/mol. The van der Waals surface area contributed by atoms with E-state index >= 15 is 0 Å². The molecule has 0 saturated carbocycles. The van der Waals surface area contributed by atoms with E-state index in [1.165, 1.54) is 24.4 Å². The second kappa shape index (κ2) is 10.1. The molecule has 178 valence electrons. The van der Waals surface area contributed by atoms with Crippen LogP contribution < -0.4 is 22.1 Å². The lowest BCUT2D eigenvalue weighted by molar-refractivity contribution is -0.145. The van der Waals surface area contributed by atoms with Gasteiger partial charge in [-0.25, -0.2) is 23.9 Å². The van der Waals surface area contributed by atoms with E-state index in [0.717, 1.165) is 0 Å². The van der Waals surface area contributed by atoms with Gasteiger partial charge in [0.25, 0.3) is 5.91 Å². The van der Waals surface area contributed by atoms with Crippen molar-refractivity contribution in [2.75, 3.05) is 16.8 Å². The van der Waals surface area contributed by atoms with Crippen LogP contribution in [0.1, 0.15) is 22.5 Å². The Labute approximate surface area is 195 Å². The average molecular weight is 493 g/mol. The molecular weight excluding hydrogens is 475 g/mol. The van der Waals surface area contributed by atoms with Crippen LogP contribution in [0, 0.1) is 0 Å². The number of benzene rings is 1. The molecule has 0 radical (unpaired) electrons. The number of rotatable bonds is 9. The van der Waals surface area contributed by atoms with Crippen LogP contribution in [0.5, 0.6) is 0 Å². The van der Waals surface area contributed by atoms with E-state index in [-0.39, 0.29) is 40.1 Å². The van der Waals surface area contributed by atoms with Gasteiger partial charge in [0, 0.05) is 12.0 Å². The number of carboxylic acids is 2. The number of halogens is 2. The Kier molecular flexibility index (Phi) is 7.21. The molecule has 2 aromatic heterocycles. The van der Waals surface area contributed by atoms with E-state index in [2.05, 4.69) is 30.6 Å². The van der Waals surface area contributed by atoms with Crippen molar-refractivity contribution in [2.24, 2.45) is 0 Å². The van der Waals surface area contributed by atoms with Gasteiger partial charge in [0.15, 0.2) is 23.2 Å². The molecule has 15 heteroatoms. The first-order chi connectivity index (χ1) is 16.0. The van der Waals surface area contributed by atoms with Gasteiger partial charge in [-0.05, 0) is 18.2 Å². The zero-order chi connectivity index (χ0) is 25.0. The van der Waals surface area contributed by atoms with Crippen molar-refractivity contribution in [2.45, 2.75) is 25.2 Å². The highest BCUT2D eigenvalue weighted by molar-refractivity contribution is 6.33. The molecule has 13 nitrogen and oxygen atoms in total. The summed E-state index contributed by atoms with van der Waals surface area (Å²) in [5.74, 6) is -4.22. The predicted octanol–water partition coefficient (Wildman–Crippen LogP) is 0.846. The van der Waals surface area contributed by atoms with Gasteiger partial charge in [-0.3, -0.25) is 4.79 Å². The van der Waals surface area contributed by atoms with Crippen LogP contribution in [0.25, 0.3) is 11.2 Å². The minimum absolute atomic E-state index is 0.0134. The molecule has 0 saturated heterocycles. The fraction of sp³-hybridized carbons (Fsp3) is 0.211. The molecule has 2 heterocycles. The van der Waals surface area contributed by atoms with Crippen LogP contribution in [0.3, 0.4) is 0 Å². The molecule has 34 heavy (non-hydrogen) atoms. The minimum atomic E-state index is -2.45. The van der Waals surface area contributed by atoms with Gasteiger partial charge in [0.1, 0.15) is 6.04 Å². The average Bonchev–Trinajstić information content (AvgIpc) is 2.77. The Bertz CT molecular complexity index is 1280. The number of nitrogens with two attached hydrogens (primary N) is 2. The highest BCUT2D eigenvalue weighted by Gasteiger charge is 2.28. The summed E-state index contributed by atoms with van der Waals surface area (Å²) in [7, 11) is 0. The van der Waals surface area contributed by atoms with Crippen molar-refractivity contribution in [3.8, 4) is 0 Å². The SMILES string of the molecule is Nc1nc(N)c2nc(CNc3ccc(C(=O)N[C@@H](C[C@@H](F)C(=O)O)C(=O)O)cc3Cl)cnc2n1. The Morgan fingerprint density at radius 1 is 1.12 bits per heavy atom. The quantitative estimate of drug-likeness (QED) is 0.244. The van der Waals surface area contributed by atoms with Crippen LogP contribution >= 0.6 is 11.6 Å². The summed E-state index contributed by atoms with van der Waals surface area (Å²) in [5, 5.41) is 22.9. The lowest BCUT2D eigenvalue weighted by atomic mass is 10.1. The molecule has 0 fully saturated rings. The molecule has 1 aromatic carbocycles. The lowest BCUT2D eigenvalue weighted by Gasteiger charge is -2.16. The third-order valence-electron chi connectivity index (χ3n) is 4.51. The van der Waals surface area contributed by atoms with Gasteiger partial charge in [-0.1, -0.05) is 11.6 Å². The van der Waals surface area contributed by atoms with Crippen molar-refractivity contribution in [1.29, 1.82) is 0 Å². The highest BCUT2D eigenvalue weighted by atomic mass is 35.5. The Hall–Kier alpha value is -4.33. The number of nitrogens with zero attached hydrogens (tertiary/aromatic N) is 4. The predicted molar refractivity (Wildman–Crippen MR) is 119 cm³/mol. The van der Waals surface area contributed by atoms with Gasteiger partial charge in [-0.15, -0.1) is 0 Å². The first-order valence-corrected chi connectivity index (χ1v) is 9.91. The Morgan fingerprint density at radius 2 is 1.85 bits per heavy atom. The summed E-state index contributed by atoms with van der Waals surface area (Å²) in [6, 6.07) is 2.35. The first-order valence-electron chi connectivity index (χ1n) is 9.53. The van der Waals surface area contributed by atoms with Crippen molar-refractivity contribution in [1.82, 2.24) is 25.3 Å². The van der Waals surface area contributed by atoms with E-state index in [0.29, 0.717) is 11.4 Å². The Morgan fingerprint density at radius 3 is 2.50 bits per heavy atom. The van der Waals surface area contributed by atoms with Gasteiger partial charge in [0.2, 0.25) is 5.95 Å². The number of alkyl halides is 1. The molecule has 1 amide bonds. The summed E-state index contributed by atoms with van der Waals surface area (Å²) in [5.41, 5.74) is 12.7. The number of aromatic nitrogens is 4. The summed E-state index contributed by atoms with van der Waals surface area (Å²) >= 11 is 6.22. The molecule has 0 spiro atoms. The molecule has 0 aliphatic heterocycles. The number of nitrogen functional groups attached to an aromatic ring is 2. The molecular formula is C19H18ClFN8O5. The van der Waals surface area contributed by atoms with Crippen LogP contribution in [-0.4, -0.2) is 60.2 Å². The number of hydrogen-bond donors (Lipinski definition) is 6. The van der Waals surface area contributed by atoms with E-state index in [1.54, 1.807) is 0 Å². The van der Waals surface area contributed by atoms with E-state index in [4.69, 9.17) is 33.3 Å². The van der Waals surface area contributed by atoms with E-state index in [1.807, 2.05) is 0 Å². The molecule has 0 aliphatic rings. The summed E-state index contributed by atoms with van der Waals surface area (Å²) in [6.07, 6.45) is -1.93. The van der Waals surface area contributed by atoms with Gasteiger partial charge in [0.05, 0.1) is 29.1 Å². The zero-order valence-electron chi connectivity index (χ0n) is 17.2. The maximum atomic E-state index is 13.4. The summed E-state index contributed by atoms with van der Waals surface area (Å²) in [4.78, 5) is 50.5. The molecule has 3 aromatic rings. The number of anilines is 3. The number of fused-ring (bicyclic) bond motifs is 1. The van der Waals surface area contributed by atoms with Crippen molar-refractivity contribution < 1.29 is 29.0 Å². The molecule has 0 unspecified atom stereocenters. The fourth-order valence-corrected chi connectivity index (χ4v) is 3.07. The highest BCUT2D eigenvalue weighted by Crippen LogP contribution is 2.24. The maximum Gasteiger partial charge on any atom is 0.338 e. The van der Waals surface area contributed by atoms with E-state index in [9.17, 15) is 18.8 Å². The third kappa shape index (κ3) is 5.72. The van der Waals surface area contributed by atoms with Crippen LogP contribution in [0.4, 0.5) is 21.8 Å². The first kappa shape index (κ1) is 24.3. The molecule has 3 rings (SSSR count). The Balaban J connectivity index is 1.68. The van der Waals surface area contributed by atoms with Crippen molar-refractivity contribution in [3.63, 3.8) is 0 Å². The zero-order valence-corrected chi connectivity index (χ0v) is 18.0. The maximum absolute atomic E-state index is 13.4. The van der Waals surface area contributed by atoms with Crippen LogP contribution in [0.2, 0.25) is 5.02 Å². The normalized spacial score (nSPS) is 12.6. The van der Waals surface area contributed by atoms with Crippen LogP contribution in [-0.2, 0) is 16.1 Å². The molecule has 8 N–H and O–H groups in total. The number of aliphatic carboxylic acids is 2. The van der Waals surface area contributed by atoms with Crippen LogP contribution in [0.15, 0.2) is 24.4 Å². The van der Waals surface area contributed by atoms with Gasteiger partial charge in [-0.2, -0.15) is 9.97 Å². The van der Waals surface area contributed by atoms with Crippen molar-refractivity contribution >= 4 is 58.1 Å². The van der Waals surface area contributed by atoms with E-state index < -0.39 is 36.5 Å². The second-order valence-corrected chi connectivity index (χ2v) is 7.36. The topological polar surface area (TPSA) is 219 Å². The van der Waals surface area contributed by atoms with Gasteiger partial charge >= 0.3 is 11.9 Å². The number of hydrogen-bond acceptors (Lipinski definition) is 10. The summed E-state index contributed by atoms with van der Waals surface area (Å²) < 4.78 is 13.4. The number of carbonyl (C=O) groups is 3. The lowest BCUT2D eigenvalue weighted by Crippen LogP contribution is -2.43. The smallest absolute Gasteiger partial charge is 0.338 e. The minimum Gasteiger partial charge on any atom is -0.480 e. The number of carbonyl (C=O) groups excluding carboxylic acids is 1. The molecule has 0 aliphatic carbocycles. The number of nitrogens with one attached hydrogen (secondary N) is 2. The molecule has 0 bridgehead atoms. The second-order valence-electron chi connectivity index (χ2n) is 6.95. The largest absolute Gasteiger partial charge is 0.480 e.